The number of hydrogen-bond donors (Lipinski definition) is 2. The highest BCUT2D eigenvalue weighted by molar-refractivity contribution is 5.78. The van der Waals surface area contributed by atoms with Crippen LogP contribution in [-0.2, 0) is 12.7 Å². The van der Waals surface area contributed by atoms with Gasteiger partial charge in [-0.1, -0.05) is 18.2 Å². The predicted molar refractivity (Wildman–Crippen MR) is 97.0 cm³/mol. The molecule has 9 heteroatoms. The minimum atomic E-state index is -4.46. The molecule has 0 unspecified atom stereocenters. The number of halogens is 3. The monoisotopic (exact) mass is 386 g/mol. The molecule has 0 amide bonds. The van der Waals surface area contributed by atoms with Gasteiger partial charge in [0.25, 0.3) is 5.56 Å². The number of nitrogens with zero attached hydrogens (tertiary/aromatic N) is 2. The zero-order valence-corrected chi connectivity index (χ0v) is 14.2. The van der Waals surface area contributed by atoms with Crippen molar-refractivity contribution in [3.63, 3.8) is 0 Å². The first-order valence-electron chi connectivity index (χ1n) is 8.26. The zero-order chi connectivity index (χ0) is 19.9. The highest BCUT2D eigenvalue weighted by atomic mass is 19.4. The van der Waals surface area contributed by atoms with E-state index in [1.54, 1.807) is 18.2 Å². The second-order valence-corrected chi connectivity index (χ2v) is 6.21. The lowest BCUT2D eigenvalue weighted by Gasteiger charge is -2.09. The van der Waals surface area contributed by atoms with E-state index in [2.05, 4.69) is 15.0 Å². The highest BCUT2D eigenvalue weighted by Gasteiger charge is 2.30. The van der Waals surface area contributed by atoms with Crippen LogP contribution in [-0.4, -0.2) is 19.5 Å². The molecule has 142 valence electrons. The average molecular weight is 386 g/mol. The fraction of sp³-hybridized carbons (Fsp3) is 0.105. The fourth-order valence-corrected chi connectivity index (χ4v) is 2.97. The largest absolute Gasteiger partial charge is 0.416 e. The second-order valence-electron chi connectivity index (χ2n) is 6.21. The molecule has 0 radical (unpaired) electrons. The van der Waals surface area contributed by atoms with Crippen LogP contribution in [0, 0.1) is 0 Å². The van der Waals surface area contributed by atoms with E-state index in [1.165, 1.54) is 29.1 Å². The SMILES string of the molecule is O=c1[nH]cccc1Cn1c(=O)[nH]c2ncc(-c3cccc(C(F)(F)F)c3)cc21. The topological polar surface area (TPSA) is 83.5 Å². The van der Waals surface area contributed by atoms with E-state index < -0.39 is 17.4 Å². The number of fused-ring (bicyclic) bond motifs is 1. The quantitative estimate of drug-likeness (QED) is 0.567. The van der Waals surface area contributed by atoms with E-state index in [0.29, 0.717) is 22.2 Å². The number of hydrogen-bond acceptors (Lipinski definition) is 3. The van der Waals surface area contributed by atoms with Crippen LogP contribution in [0.4, 0.5) is 13.2 Å². The molecule has 28 heavy (non-hydrogen) atoms. The van der Waals surface area contributed by atoms with Gasteiger partial charge < -0.3 is 4.98 Å². The van der Waals surface area contributed by atoms with Crippen LogP contribution in [0.25, 0.3) is 22.3 Å². The van der Waals surface area contributed by atoms with Crippen LogP contribution in [0.2, 0.25) is 0 Å². The summed E-state index contributed by atoms with van der Waals surface area (Å²) in [6.45, 7) is 0.00271. The van der Waals surface area contributed by atoms with E-state index >= 15 is 0 Å². The smallest absolute Gasteiger partial charge is 0.329 e. The van der Waals surface area contributed by atoms with Crippen molar-refractivity contribution >= 4 is 11.2 Å². The van der Waals surface area contributed by atoms with Gasteiger partial charge >= 0.3 is 11.9 Å². The minimum Gasteiger partial charge on any atom is -0.329 e. The van der Waals surface area contributed by atoms with Gasteiger partial charge in [0.1, 0.15) is 0 Å². The van der Waals surface area contributed by atoms with Gasteiger partial charge in [-0.05, 0) is 29.8 Å². The Bertz CT molecular complexity index is 1280. The van der Waals surface area contributed by atoms with Gasteiger partial charge in [-0.3, -0.25) is 14.3 Å². The number of rotatable bonds is 3. The summed E-state index contributed by atoms with van der Waals surface area (Å²) in [7, 11) is 0. The summed E-state index contributed by atoms with van der Waals surface area (Å²) in [5, 5.41) is 0. The molecule has 0 bridgehead atoms. The molecule has 1 aromatic carbocycles. The molecule has 0 fully saturated rings. The van der Waals surface area contributed by atoms with E-state index in [1.807, 2.05) is 0 Å². The van der Waals surface area contributed by atoms with Crippen LogP contribution in [0.5, 0.6) is 0 Å². The van der Waals surface area contributed by atoms with Crippen LogP contribution >= 0.6 is 0 Å². The Labute approximate surface area is 155 Å². The summed E-state index contributed by atoms with van der Waals surface area (Å²) in [5.74, 6) is 0. The van der Waals surface area contributed by atoms with Gasteiger partial charge in [-0.25, -0.2) is 9.78 Å². The highest BCUT2D eigenvalue weighted by Crippen LogP contribution is 2.32. The molecular weight excluding hydrogens is 373 g/mol. The van der Waals surface area contributed by atoms with Crippen molar-refractivity contribution in [2.45, 2.75) is 12.7 Å². The first-order chi connectivity index (χ1) is 13.3. The van der Waals surface area contributed by atoms with Crippen LogP contribution in [0.1, 0.15) is 11.1 Å². The van der Waals surface area contributed by atoms with Gasteiger partial charge in [0, 0.05) is 23.5 Å². The molecule has 0 saturated heterocycles. The first-order valence-corrected chi connectivity index (χ1v) is 8.26. The van der Waals surface area contributed by atoms with Crippen molar-refractivity contribution in [3.8, 4) is 11.1 Å². The van der Waals surface area contributed by atoms with Crippen molar-refractivity contribution in [2.24, 2.45) is 0 Å². The van der Waals surface area contributed by atoms with Crippen molar-refractivity contribution in [1.29, 1.82) is 0 Å². The molecule has 0 aliphatic heterocycles. The Morgan fingerprint density at radius 3 is 2.61 bits per heavy atom. The number of aromatic nitrogens is 4. The Hall–Kier alpha value is -3.62. The number of nitrogens with one attached hydrogen (secondary N) is 2. The van der Waals surface area contributed by atoms with Gasteiger partial charge in [0.2, 0.25) is 0 Å². The normalized spacial score (nSPS) is 11.8. The molecule has 4 rings (SSSR count). The molecule has 0 spiro atoms. The molecule has 4 aromatic rings. The number of pyridine rings is 2. The lowest BCUT2D eigenvalue weighted by atomic mass is 10.0. The zero-order valence-electron chi connectivity index (χ0n) is 14.2. The molecule has 3 aromatic heterocycles. The van der Waals surface area contributed by atoms with E-state index in [4.69, 9.17) is 0 Å². The lowest BCUT2D eigenvalue weighted by molar-refractivity contribution is -0.137. The standard InChI is InChI=1S/C19H13F3N4O2/c20-19(21,22)14-5-1-3-11(7-14)13-8-15-16(24-9-13)25-18(28)26(15)10-12-4-2-6-23-17(12)27/h1-9H,10H2,(H,23,27)(H,24,25,28). The summed E-state index contributed by atoms with van der Waals surface area (Å²) in [4.78, 5) is 33.5. The van der Waals surface area contributed by atoms with Crippen molar-refractivity contribution in [1.82, 2.24) is 19.5 Å². The number of imidazole rings is 1. The first kappa shape index (κ1) is 17.8. The Morgan fingerprint density at radius 2 is 1.86 bits per heavy atom. The summed E-state index contributed by atoms with van der Waals surface area (Å²) >= 11 is 0. The Balaban J connectivity index is 1.83. The molecule has 2 N–H and O–H groups in total. The summed E-state index contributed by atoms with van der Waals surface area (Å²) < 4.78 is 40.3. The summed E-state index contributed by atoms with van der Waals surface area (Å²) in [6, 6.07) is 9.68. The maximum absolute atomic E-state index is 13.0. The number of H-pyrrole nitrogens is 2. The molecule has 0 aliphatic rings. The lowest BCUT2D eigenvalue weighted by Crippen LogP contribution is -2.22. The van der Waals surface area contributed by atoms with Crippen molar-refractivity contribution in [3.05, 3.63) is 86.8 Å². The van der Waals surface area contributed by atoms with E-state index in [9.17, 15) is 22.8 Å². The second kappa shape index (κ2) is 6.52. The average Bonchev–Trinajstić information content (AvgIpc) is 2.97. The minimum absolute atomic E-state index is 0.00271. The van der Waals surface area contributed by atoms with E-state index in [0.717, 1.165) is 12.1 Å². The fourth-order valence-electron chi connectivity index (χ4n) is 2.97. The molecule has 0 saturated carbocycles. The van der Waals surface area contributed by atoms with Gasteiger partial charge in [-0.2, -0.15) is 13.2 Å². The van der Waals surface area contributed by atoms with E-state index in [-0.39, 0.29) is 17.8 Å². The van der Waals surface area contributed by atoms with Gasteiger partial charge in [0.05, 0.1) is 17.6 Å². The number of alkyl halides is 3. The molecule has 3 heterocycles. The molecule has 0 atom stereocenters. The third-order valence-electron chi connectivity index (χ3n) is 4.38. The summed E-state index contributed by atoms with van der Waals surface area (Å²) in [5.41, 5.74) is 0.228. The van der Waals surface area contributed by atoms with Crippen molar-refractivity contribution < 1.29 is 13.2 Å². The maximum atomic E-state index is 13.0. The van der Waals surface area contributed by atoms with Gasteiger partial charge in [0.15, 0.2) is 5.65 Å². The Kier molecular flexibility index (Phi) is 4.14. The molecule has 0 aliphatic carbocycles. The summed E-state index contributed by atoms with van der Waals surface area (Å²) in [6.07, 6.45) is -1.58. The van der Waals surface area contributed by atoms with Crippen LogP contribution in [0.3, 0.4) is 0 Å². The predicted octanol–water partition coefficient (Wildman–Crippen LogP) is 3.15. The molecule has 6 nitrogen and oxygen atoms in total. The van der Waals surface area contributed by atoms with Crippen LogP contribution < -0.4 is 11.2 Å². The van der Waals surface area contributed by atoms with Crippen LogP contribution in [0.15, 0.2) is 64.4 Å². The number of aromatic amines is 2. The third-order valence-corrected chi connectivity index (χ3v) is 4.38. The molecular formula is C19H13F3N4O2. The number of benzene rings is 1. The maximum Gasteiger partial charge on any atom is 0.416 e. The third kappa shape index (κ3) is 3.22. The Morgan fingerprint density at radius 1 is 1.04 bits per heavy atom. The van der Waals surface area contributed by atoms with Crippen molar-refractivity contribution in [2.75, 3.05) is 0 Å². The van der Waals surface area contributed by atoms with Gasteiger partial charge in [-0.15, -0.1) is 0 Å².